The molecule has 2 unspecified atom stereocenters. The summed E-state index contributed by atoms with van der Waals surface area (Å²) in [6.07, 6.45) is 0.720. The van der Waals surface area contributed by atoms with Crippen LogP contribution in [0.2, 0.25) is 5.02 Å². The molecule has 0 bridgehead atoms. The molecule has 0 fully saturated rings. The number of aromatic nitrogens is 1. The van der Waals surface area contributed by atoms with E-state index in [1.54, 1.807) is 44.2 Å². The van der Waals surface area contributed by atoms with E-state index in [1.165, 1.54) is 12.1 Å². The smallest absolute Gasteiger partial charge is 0.287 e. The van der Waals surface area contributed by atoms with Gasteiger partial charge >= 0.3 is 0 Å². The number of nitrogens with two attached hydrogens (primary N) is 1. The van der Waals surface area contributed by atoms with E-state index >= 15 is 0 Å². The van der Waals surface area contributed by atoms with Gasteiger partial charge in [-0.3, -0.25) is 14.9 Å². The number of pyridine rings is 1. The molecule has 0 saturated heterocycles. The Bertz CT molecular complexity index is 1240. The first-order chi connectivity index (χ1) is 16.6. The molecule has 35 heavy (non-hydrogen) atoms. The van der Waals surface area contributed by atoms with Crippen LogP contribution in [0.5, 0.6) is 5.88 Å². The first-order valence-corrected chi connectivity index (χ1v) is 11.1. The highest BCUT2D eigenvalue weighted by atomic mass is 35.5. The summed E-state index contributed by atoms with van der Waals surface area (Å²) >= 11 is 6.01. The number of amides is 1. The van der Waals surface area contributed by atoms with Crippen LogP contribution in [0.4, 0.5) is 5.69 Å². The maximum absolute atomic E-state index is 13.1. The van der Waals surface area contributed by atoms with Gasteiger partial charge in [-0.2, -0.15) is 5.26 Å². The van der Waals surface area contributed by atoms with Crippen LogP contribution in [-0.4, -0.2) is 27.6 Å². The topological polar surface area (TPSA) is 144 Å². The molecule has 9 nitrogen and oxygen atoms in total. The number of carbonyl (C=O) groups excluding carboxylic acids is 1. The third-order valence-corrected chi connectivity index (χ3v) is 5.63. The zero-order valence-electron chi connectivity index (χ0n) is 19.1. The molecule has 1 aromatic heterocycles. The number of hydrogen-bond acceptors (Lipinski definition) is 7. The van der Waals surface area contributed by atoms with E-state index in [2.05, 4.69) is 16.4 Å². The normalized spacial score (nSPS) is 12.8. The lowest BCUT2D eigenvalue weighted by Crippen LogP contribution is -2.55. The lowest BCUT2D eigenvalue weighted by molar-refractivity contribution is -0.385. The minimum Gasteiger partial charge on any atom is -0.462 e. The molecular formula is C25H24ClN5O4. The summed E-state index contributed by atoms with van der Waals surface area (Å²) in [5, 5.41) is 23.5. The van der Waals surface area contributed by atoms with Gasteiger partial charge in [-0.25, -0.2) is 4.98 Å². The van der Waals surface area contributed by atoms with Gasteiger partial charge in [-0.1, -0.05) is 35.9 Å². The van der Waals surface area contributed by atoms with Crippen LogP contribution in [0.25, 0.3) is 0 Å². The Kier molecular flexibility index (Phi) is 8.02. The Labute approximate surface area is 207 Å². The fraction of sp³-hybridized carbons (Fsp3) is 0.240. The van der Waals surface area contributed by atoms with Gasteiger partial charge in [0.15, 0.2) is 5.60 Å². The largest absolute Gasteiger partial charge is 0.462 e. The molecule has 0 spiro atoms. The summed E-state index contributed by atoms with van der Waals surface area (Å²) in [7, 11) is 0. The Morgan fingerprint density at radius 1 is 1.26 bits per heavy atom. The van der Waals surface area contributed by atoms with Crippen LogP contribution >= 0.6 is 11.6 Å². The average molecular weight is 494 g/mol. The van der Waals surface area contributed by atoms with E-state index in [0.717, 1.165) is 17.3 Å². The molecule has 2 aromatic carbocycles. The van der Waals surface area contributed by atoms with Crippen molar-refractivity contribution in [2.24, 2.45) is 5.73 Å². The van der Waals surface area contributed by atoms with Crippen molar-refractivity contribution in [1.82, 2.24) is 10.3 Å². The fourth-order valence-corrected chi connectivity index (χ4v) is 3.57. The maximum atomic E-state index is 13.1. The monoisotopic (exact) mass is 493 g/mol. The van der Waals surface area contributed by atoms with Gasteiger partial charge in [0.05, 0.1) is 22.7 Å². The van der Waals surface area contributed by atoms with E-state index in [1.807, 2.05) is 18.2 Å². The summed E-state index contributed by atoms with van der Waals surface area (Å²) in [6, 6.07) is 19.1. The van der Waals surface area contributed by atoms with Crippen LogP contribution < -0.4 is 15.8 Å². The molecule has 0 aliphatic heterocycles. The van der Waals surface area contributed by atoms with Crippen molar-refractivity contribution in [1.29, 1.82) is 5.26 Å². The number of nitriles is 1. The second kappa shape index (κ2) is 11.0. The number of rotatable bonds is 9. The maximum Gasteiger partial charge on any atom is 0.287 e. The van der Waals surface area contributed by atoms with Crippen molar-refractivity contribution in [3.8, 4) is 11.9 Å². The molecule has 10 heteroatoms. The molecule has 3 aromatic rings. The molecule has 3 N–H and O–H groups in total. The van der Waals surface area contributed by atoms with E-state index in [-0.39, 0.29) is 17.5 Å². The van der Waals surface area contributed by atoms with Crippen LogP contribution in [0, 0.1) is 21.4 Å². The van der Waals surface area contributed by atoms with E-state index < -0.39 is 22.6 Å². The Morgan fingerprint density at radius 2 is 1.97 bits per heavy atom. The lowest BCUT2D eigenvalue weighted by atomic mass is 9.88. The number of carbonyl (C=O) groups is 1. The number of halogens is 1. The zero-order chi connectivity index (χ0) is 25.6. The molecular weight excluding hydrogens is 470 g/mol. The van der Waals surface area contributed by atoms with Crippen molar-refractivity contribution < 1.29 is 14.5 Å². The van der Waals surface area contributed by atoms with Gasteiger partial charge in [0, 0.05) is 23.1 Å². The molecule has 2 atom stereocenters. The quantitative estimate of drug-likeness (QED) is 0.259. The molecule has 0 radical (unpaired) electrons. The third-order valence-electron chi connectivity index (χ3n) is 5.38. The SMILES string of the molecule is CC(C)(Oc1ccc([N+](=O)[O-])cn1)C(=O)NC(N)C(Cc1ccc(Cl)cc1)c1cccc(C#N)c1. The summed E-state index contributed by atoms with van der Waals surface area (Å²) in [6.45, 7) is 3.09. The summed E-state index contributed by atoms with van der Waals surface area (Å²) in [5.74, 6) is -0.798. The first-order valence-electron chi connectivity index (χ1n) is 10.7. The first kappa shape index (κ1) is 25.6. The number of nitrogens with one attached hydrogen (secondary N) is 1. The van der Waals surface area contributed by atoms with Crippen molar-refractivity contribution in [2.45, 2.75) is 38.0 Å². The highest BCUT2D eigenvalue weighted by Gasteiger charge is 2.33. The number of nitro groups is 1. The van der Waals surface area contributed by atoms with E-state index in [9.17, 15) is 20.2 Å². The second-order valence-corrected chi connectivity index (χ2v) is 8.83. The number of nitrogens with zero attached hydrogens (tertiary/aromatic N) is 3. The van der Waals surface area contributed by atoms with Gasteiger partial charge in [0.25, 0.3) is 11.6 Å². The molecule has 0 saturated carbocycles. The standard InChI is InChI=1S/C25H24ClN5O4/c1-25(2,35-22-11-10-20(15-29-22)31(33)34)24(32)30-23(28)21(13-16-6-8-19(26)9-7-16)18-5-3-4-17(12-18)14-27/h3-12,15,21,23H,13,28H2,1-2H3,(H,30,32). The Hall–Kier alpha value is -4.00. The predicted molar refractivity (Wildman–Crippen MR) is 131 cm³/mol. The molecule has 1 amide bonds. The predicted octanol–water partition coefficient (Wildman–Crippen LogP) is 4.10. The van der Waals surface area contributed by atoms with Gasteiger partial charge in [-0.15, -0.1) is 0 Å². The molecule has 0 aliphatic rings. The van der Waals surface area contributed by atoms with Gasteiger partial charge in [0.2, 0.25) is 5.88 Å². The van der Waals surface area contributed by atoms with Crippen molar-refractivity contribution in [3.05, 3.63) is 98.7 Å². The third kappa shape index (κ3) is 6.76. The van der Waals surface area contributed by atoms with Crippen LogP contribution in [0.1, 0.15) is 36.5 Å². The number of hydrogen-bond donors (Lipinski definition) is 2. The molecule has 180 valence electrons. The highest BCUT2D eigenvalue weighted by molar-refractivity contribution is 6.30. The molecule has 0 aliphatic carbocycles. The summed E-state index contributed by atoms with van der Waals surface area (Å²) < 4.78 is 5.69. The minimum absolute atomic E-state index is 0.0590. The van der Waals surface area contributed by atoms with E-state index in [0.29, 0.717) is 17.0 Å². The summed E-state index contributed by atoms with van der Waals surface area (Å²) in [4.78, 5) is 27.2. The van der Waals surface area contributed by atoms with Gasteiger partial charge < -0.3 is 15.8 Å². The number of benzene rings is 2. The van der Waals surface area contributed by atoms with Crippen molar-refractivity contribution >= 4 is 23.2 Å². The van der Waals surface area contributed by atoms with Crippen molar-refractivity contribution in [3.63, 3.8) is 0 Å². The Balaban J connectivity index is 1.79. The average Bonchev–Trinajstić information content (AvgIpc) is 2.83. The van der Waals surface area contributed by atoms with Crippen LogP contribution in [-0.2, 0) is 11.2 Å². The minimum atomic E-state index is -1.37. The van der Waals surface area contributed by atoms with E-state index in [4.69, 9.17) is 22.1 Å². The van der Waals surface area contributed by atoms with Gasteiger partial charge in [-0.05, 0) is 55.7 Å². The molecule has 1 heterocycles. The summed E-state index contributed by atoms with van der Waals surface area (Å²) in [5.41, 5.74) is 7.14. The molecule has 3 rings (SSSR count). The zero-order valence-corrected chi connectivity index (χ0v) is 19.9. The van der Waals surface area contributed by atoms with Crippen molar-refractivity contribution in [2.75, 3.05) is 0 Å². The van der Waals surface area contributed by atoms with Crippen LogP contribution in [0.15, 0.2) is 66.9 Å². The Morgan fingerprint density at radius 3 is 2.57 bits per heavy atom. The lowest BCUT2D eigenvalue weighted by Gasteiger charge is -2.30. The highest BCUT2D eigenvalue weighted by Crippen LogP contribution is 2.26. The second-order valence-electron chi connectivity index (χ2n) is 8.40. The van der Waals surface area contributed by atoms with Crippen LogP contribution in [0.3, 0.4) is 0 Å². The fourth-order valence-electron chi connectivity index (χ4n) is 3.44. The van der Waals surface area contributed by atoms with Gasteiger partial charge in [0.1, 0.15) is 6.20 Å². The number of ether oxygens (including phenoxy) is 1.